The van der Waals surface area contributed by atoms with Crippen LogP contribution >= 0.6 is 15.9 Å². The fourth-order valence-electron chi connectivity index (χ4n) is 2.30. The Bertz CT molecular complexity index is 511. The van der Waals surface area contributed by atoms with E-state index in [1.165, 1.54) is 29.3 Å². The number of hydrogen-bond acceptors (Lipinski definition) is 1. The number of nitrogens with two attached hydrogens (primary N) is 1. The van der Waals surface area contributed by atoms with Gasteiger partial charge in [0.05, 0.1) is 5.52 Å². The van der Waals surface area contributed by atoms with Gasteiger partial charge in [-0.1, -0.05) is 18.2 Å². The lowest BCUT2D eigenvalue weighted by Crippen LogP contribution is -2.19. The van der Waals surface area contributed by atoms with Gasteiger partial charge in [0.25, 0.3) is 0 Å². The molecule has 2 aromatic rings. The molecule has 1 fully saturated rings. The molecule has 15 heavy (non-hydrogen) atoms. The highest BCUT2D eigenvalue weighted by Crippen LogP contribution is 2.49. The number of nitrogens with one attached hydrogen (secondary N) is 1. The average molecular weight is 265 g/mol. The number of fused-ring (bicyclic) bond motifs is 1. The predicted molar refractivity (Wildman–Crippen MR) is 66.0 cm³/mol. The van der Waals surface area contributed by atoms with Gasteiger partial charge in [-0.15, -0.1) is 0 Å². The molecule has 0 unspecified atom stereocenters. The van der Waals surface area contributed by atoms with Crippen LogP contribution in [0, 0.1) is 0 Å². The van der Waals surface area contributed by atoms with Crippen molar-refractivity contribution in [3.8, 4) is 0 Å². The van der Waals surface area contributed by atoms with Gasteiger partial charge in [0.15, 0.2) is 0 Å². The van der Waals surface area contributed by atoms with Crippen molar-refractivity contribution in [3.05, 3.63) is 34.4 Å². The highest BCUT2D eigenvalue weighted by atomic mass is 79.9. The summed E-state index contributed by atoms with van der Waals surface area (Å²) in [6, 6.07) is 6.45. The molecule has 1 heterocycles. The fourth-order valence-corrected chi connectivity index (χ4v) is 2.74. The number of hydrogen-bond donors (Lipinski definition) is 2. The summed E-state index contributed by atoms with van der Waals surface area (Å²) in [5.41, 5.74) is 8.75. The molecule has 1 aromatic heterocycles. The van der Waals surface area contributed by atoms with E-state index in [-0.39, 0.29) is 5.41 Å². The third-order valence-corrected chi connectivity index (χ3v) is 4.14. The molecule has 1 aliphatic carbocycles. The molecule has 1 saturated carbocycles. The van der Waals surface area contributed by atoms with Gasteiger partial charge in [-0.2, -0.15) is 0 Å². The van der Waals surface area contributed by atoms with Crippen LogP contribution in [0.1, 0.15) is 18.4 Å². The summed E-state index contributed by atoms with van der Waals surface area (Å²) in [5.74, 6) is 0. The molecule has 2 nitrogen and oxygen atoms in total. The Hall–Kier alpha value is -0.800. The van der Waals surface area contributed by atoms with E-state index >= 15 is 0 Å². The first-order valence-electron chi connectivity index (χ1n) is 5.23. The van der Waals surface area contributed by atoms with E-state index in [0.29, 0.717) is 0 Å². The minimum absolute atomic E-state index is 0.254. The topological polar surface area (TPSA) is 41.8 Å². The Kier molecular flexibility index (Phi) is 1.94. The van der Waals surface area contributed by atoms with Crippen LogP contribution in [0.3, 0.4) is 0 Å². The molecule has 1 aromatic carbocycles. The molecule has 1 aliphatic rings. The zero-order valence-corrected chi connectivity index (χ0v) is 9.97. The van der Waals surface area contributed by atoms with Crippen LogP contribution in [-0.2, 0) is 5.41 Å². The van der Waals surface area contributed by atoms with Crippen LogP contribution in [0.15, 0.2) is 28.9 Å². The Labute approximate surface area is 97.0 Å². The monoisotopic (exact) mass is 264 g/mol. The lowest BCUT2D eigenvalue weighted by Gasteiger charge is -2.13. The number of aromatic nitrogens is 1. The largest absolute Gasteiger partial charge is 0.360 e. The van der Waals surface area contributed by atoms with E-state index in [9.17, 15) is 0 Å². The molecule has 3 heteroatoms. The minimum Gasteiger partial charge on any atom is -0.360 e. The van der Waals surface area contributed by atoms with Crippen molar-refractivity contribution in [2.45, 2.75) is 18.3 Å². The molecule has 0 aliphatic heterocycles. The summed E-state index contributed by atoms with van der Waals surface area (Å²) in [5, 5.41) is 1.26. The van der Waals surface area contributed by atoms with Gasteiger partial charge in [-0.3, -0.25) is 0 Å². The van der Waals surface area contributed by atoms with Crippen molar-refractivity contribution in [1.29, 1.82) is 0 Å². The molecule has 3 rings (SSSR count). The first kappa shape index (κ1) is 9.43. The smallest absolute Gasteiger partial charge is 0.0504 e. The van der Waals surface area contributed by atoms with Crippen LogP contribution in [0.25, 0.3) is 10.9 Å². The Balaban J connectivity index is 2.27. The maximum atomic E-state index is 5.87. The van der Waals surface area contributed by atoms with E-state index in [4.69, 9.17) is 5.73 Å². The zero-order chi connectivity index (χ0) is 10.5. The van der Waals surface area contributed by atoms with Gasteiger partial charge in [0.2, 0.25) is 0 Å². The van der Waals surface area contributed by atoms with Gasteiger partial charge in [0, 0.05) is 28.0 Å². The normalized spacial score (nSPS) is 18.3. The number of aromatic amines is 1. The highest BCUT2D eigenvalue weighted by molar-refractivity contribution is 9.10. The second-order valence-corrected chi connectivity index (χ2v) is 5.20. The quantitative estimate of drug-likeness (QED) is 0.861. The van der Waals surface area contributed by atoms with E-state index < -0.39 is 0 Å². The fraction of sp³-hybridized carbons (Fsp3) is 0.333. The van der Waals surface area contributed by atoms with Gasteiger partial charge in [-0.25, -0.2) is 0 Å². The molecule has 3 N–H and O–H groups in total. The standard InChI is InChI=1S/C12H13BrN2/c13-10-6-15-11-8(10)2-1-3-9(11)12(7-14)4-5-12/h1-3,6,15H,4-5,7,14H2. The lowest BCUT2D eigenvalue weighted by molar-refractivity contribution is 0.710. The van der Waals surface area contributed by atoms with Crippen LogP contribution in [-0.4, -0.2) is 11.5 Å². The summed E-state index contributed by atoms with van der Waals surface area (Å²) in [4.78, 5) is 3.33. The second-order valence-electron chi connectivity index (χ2n) is 4.35. The molecular formula is C12H13BrN2. The number of halogens is 1. The molecule has 0 bridgehead atoms. The number of benzene rings is 1. The van der Waals surface area contributed by atoms with Crippen LogP contribution < -0.4 is 5.73 Å². The maximum Gasteiger partial charge on any atom is 0.0504 e. The van der Waals surface area contributed by atoms with Crippen molar-refractivity contribution in [1.82, 2.24) is 4.98 Å². The number of H-pyrrole nitrogens is 1. The average Bonchev–Trinajstić information content (AvgIpc) is 2.98. The van der Waals surface area contributed by atoms with Gasteiger partial charge in [0.1, 0.15) is 0 Å². The van der Waals surface area contributed by atoms with Crippen LogP contribution in [0.2, 0.25) is 0 Å². The zero-order valence-electron chi connectivity index (χ0n) is 8.39. The maximum absolute atomic E-state index is 5.87. The molecule has 0 atom stereocenters. The van der Waals surface area contributed by atoms with Crippen molar-refractivity contribution in [2.75, 3.05) is 6.54 Å². The molecule has 0 spiro atoms. The third kappa shape index (κ3) is 1.26. The van der Waals surface area contributed by atoms with Gasteiger partial charge in [-0.05, 0) is 34.3 Å². The van der Waals surface area contributed by atoms with Crippen LogP contribution in [0.4, 0.5) is 0 Å². The molecule has 78 valence electrons. The minimum atomic E-state index is 0.254. The van der Waals surface area contributed by atoms with Crippen molar-refractivity contribution in [3.63, 3.8) is 0 Å². The van der Waals surface area contributed by atoms with E-state index in [0.717, 1.165) is 11.0 Å². The van der Waals surface area contributed by atoms with Gasteiger partial charge >= 0.3 is 0 Å². The number of rotatable bonds is 2. The van der Waals surface area contributed by atoms with E-state index in [2.05, 4.69) is 39.1 Å². The third-order valence-electron chi connectivity index (χ3n) is 3.48. The first-order valence-corrected chi connectivity index (χ1v) is 6.02. The van der Waals surface area contributed by atoms with E-state index in [1.54, 1.807) is 0 Å². The molecule has 0 saturated heterocycles. The predicted octanol–water partition coefficient (Wildman–Crippen LogP) is 2.92. The second kappa shape index (κ2) is 3.09. The summed E-state index contributed by atoms with van der Waals surface area (Å²) in [7, 11) is 0. The van der Waals surface area contributed by atoms with Crippen molar-refractivity contribution in [2.24, 2.45) is 5.73 Å². The summed E-state index contributed by atoms with van der Waals surface area (Å²) in [6.45, 7) is 0.753. The number of para-hydroxylation sites is 1. The highest BCUT2D eigenvalue weighted by Gasteiger charge is 2.44. The van der Waals surface area contributed by atoms with Crippen molar-refractivity contribution < 1.29 is 0 Å². The van der Waals surface area contributed by atoms with Gasteiger partial charge < -0.3 is 10.7 Å². The Morgan fingerprint density at radius 1 is 1.40 bits per heavy atom. The molecular weight excluding hydrogens is 252 g/mol. The Morgan fingerprint density at radius 2 is 2.20 bits per heavy atom. The summed E-state index contributed by atoms with van der Waals surface area (Å²) in [6.07, 6.45) is 4.44. The van der Waals surface area contributed by atoms with Crippen molar-refractivity contribution >= 4 is 26.8 Å². The van der Waals surface area contributed by atoms with E-state index in [1.807, 2.05) is 6.20 Å². The summed E-state index contributed by atoms with van der Waals surface area (Å²) < 4.78 is 1.13. The summed E-state index contributed by atoms with van der Waals surface area (Å²) >= 11 is 3.55. The Morgan fingerprint density at radius 3 is 2.87 bits per heavy atom. The first-order chi connectivity index (χ1) is 7.27. The van der Waals surface area contributed by atoms with Crippen LogP contribution in [0.5, 0.6) is 0 Å². The molecule has 0 amide bonds. The molecule has 0 radical (unpaired) electrons. The SMILES string of the molecule is NCC1(c2cccc3c(Br)c[nH]c23)CC1. The lowest BCUT2D eigenvalue weighted by atomic mass is 9.94.